The van der Waals surface area contributed by atoms with Gasteiger partial charge in [0.25, 0.3) is 5.91 Å². The van der Waals surface area contributed by atoms with Crippen LogP contribution in [0.4, 0.5) is 0 Å². The van der Waals surface area contributed by atoms with E-state index in [1.807, 2.05) is 6.92 Å². The Balaban J connectivity index is 3.01. The highest BCUT2D eigenvalue weighted by Crippen LogP contribution is 2.26. The zero-order chi connectivity index (χ0) is 12.3. The molecule has 88 valence electrons. The van der Waals surface area contributed by atoms with Crippen molar-refractivity contribution in [1.82, 2.24) is 4.90 Å². The van der Waals surface area contributed by atoms with Gasteiger partial charge in [0.2, 0.25) is 0 Å². The molecule has 1 aromatic rings. The van der Waals surface area contributed by atoms with E-state index >= 15 is 0 Å². The van der Waals surface area contributed by atoms with Crippen molar-refractivity contribution in [3.63, 3.8) is 0 Å². The highest BCUT2D eigenvalue weighted by atomic mass is 35.5. The van der Waals surface area contributed by atoms with E-state index in [0.29, 0.717) is 16.5 Å². The summed E-state index contributed by atoms with van der Waals surface area (Å²) in [6.07, 6.45) is 0. The summed E-state index contributed by atoms with van der Waals surface area (Å²) in [6.45, 7) is 1.86. The molecule has 16 heavy (non-hydrogen) atoms. The van der Waals surface area contributed by atoms with E-state index < -0.39 is 0 Å². The summed E-state index contributed by atoms with van der Waals surface area (Å²) < 4.78 is 0. The second-order valence-electron chi connectivity index (χ2n) is 3.52. The molecule has 0 N–H and O–H groups in total. The molecule has 2 nitrogen and oxygen atoms in total. The number of carbonyl (C=O) groups is 1. The molecule has 0 fully saturated rings. The van der Waals surface area contributed by atoms with Crippen molar-refractivity contribution in [2.24, 2.45) is 0 Å². The van der Waals surface area contributed by atoms with Gasteiger partial charge < -0.3 is 4.90 Å². The number of benzene rings is 1. The number of carbonyl (C=O) groups excluding carboxylic acids is 1. The lowest BCUT2D eigenvalue weighted by Gasteiger charge is -2.23. The van der Waals surface area contributed by atoms with Crippen LogP contribution in [0.3, 0.4) is 0 Å². The molecule has 0 aromatic heterocycles. The number of amides is 1. The molecule has 0 aliphatic heterocycles. The largest absolute Gasteiger partial charge is 0.338 e. The van der Waals surface area contributed by atoms with Gasteiger partial charge in [0.1, 0.15) is 0 Å². The van der Waals surface area contributed by atoms with Crippen LogP contribution < -0.4 is 0 Å². The van der Waals surface area contributed by atoms with E-state index in [4.69, 9.17) is 34.8 Å². The average Bonchev–Trinajstić information content (AvgIpc) is 2.29. The minimum absolute atomic E-state index is 0.0517. The van der Waals surface area contributed by atoms with Gasteiger partial charge in [-0.25, -0.2) is 0 Å². The Morgan fingerprint density at radius 2 is 2.06 bits per heavy atom. The molecule has 1 unspecified atom stereocenters. The molecular weight excluding hydrogens is 268 g/mol. The molecule has 0 heterocycles. The van der Waals surface area contributed by atoms with Gasteiger partial charge >= 0.3 is 0 Å². The third-order valence-electron chi connectivity index (χ3n) is 2.39. The molecule has 0 aliphatic rings. The van der Waals surface area contributed by atoms with Gasteiger partial charge in [0, 0.05) is 19.0 Å². The Morgan fingerprint density at radius 1 is 1.44 bits per heavy atom. The van der Waals surface area contributed by atoms with Crippen LogP contribution in [0, 0.1) is 0 Å². The van der Waals surface area contributed by atoms with Crippen LogP contribution in [0.2, 0.25) is 10.0 Å². The molecule has 1 aromatic carbocycles. The summed E-state index contributed by atoms with van der Waals surface area (Å²) in [5, 5.41) is 0.655. The van der Waals surface area contributed by atoms with Gasteiger partial charge in [0.05, 0.1) is 15.6 Å². The fourth-order valence-electron chi connectivity index (χ4n) is 1.16. The minimum Gasteiger partial charge on any atom is -0.338 e. The number of alkyl halides is 1. The second kappa shape index (κ2) is 5.76. The topological polar surface area (TPSA) is 20.3 Å². The first kappa shape index (κ1) is 13.6. The lowest BCUT2D eigenvalue weighted by Crippen LogP contribution is -2.36. The van der Waals surface area contributed by atoms with Gasteiger partial charge in [-0.05, 0) is 19.1 Å². The summed E-state index contributed by atoms with van der Waals surface area (Å²) in [6, 6.07) is 4.93. The smallest absolute Gasteiger partial charge is 0.255 e. The van der Waals surface area contributed by atoms with Crippen LogP contribution in [-0.2, 0) is 0 Å². The van der Waals surface area contributed by atoms with Crippen LogP contribution >= 0.6 is 34.8 Å². The second-order valence-corrected chi connectivity index (χ2v) is 4.61. The molecule has 0 radical (unpaired) electrons. The Labute approximate surface area is 110 Å². The third kappa shape index (κ3) is 2.82. The van der Waals surface area contributed by atoms with E-state index in [9.17, 15) is 4.79 Å². The number of hydrogen-bond donors (Lipinski definition) is 0. The maximum Gasteiger partial charge on any atom is 0.255 e. The first-order valence-corrected chi connectivity index (χ1v) is 6.05. The number of nitrogens with zero attached hydrogens (tertiary/aromatic N) is 1. The molecular formula is C11H12Cl3NO. The van der Waals surface area contributed by atoms with E-state index in [0.717, 1.165) is 0 Å². The molecule has 1 rings (SSSR count). The van der Waals surface area contributed by atoms with E-state index in [1.165, 1.54) is 0 Å². The van der Waals surface area contributed by atoms with Crippen molar-refractivity contribution in [2.45, 2.75) is 13.0 Å². The number of hydrogen-bond acceptors (Lipinski definition) is 1. The van der Waals surface area contributed by atoms with Crippen molar-refractivity contribution < 1.29 is 4.79 Å². The van der Waals surface area contributed by atoms with Crippen molar-refractivity contribution >= 4 is 40.7 Å². The molecule has 1 atom stereocenters. The molecule has 0 saturated heterocycles. The highest BCUT2D eigenvalue weighted by Gasteiger charge is 2.19. The molecule has 0 spiro atoms. The Kier molecular flexibility index (Phi) is 4.90. The van der Waals surface area contributed by atoms with Gasteiger partial charge in [0.15, 0.2) is 0 Å². The number of halogens is 3. The fraction of sp³-hybridized carbons (Fsp3) is 0.364. The fourth-order valence-corrected chi connectivity index (χ4v) is 1.75. The summed E-state index contributed by atoms with van der Waals surface area (Å²) in [5.74, 6) is 0.195. The van der Waals surface area contributed by atoms with E-state index in [1.54, 1.807) is 30.1 Å². The van der Waals surface area contributed by atoms with Gasteiger partial charge in [-0.3, -0.25) is 4.79 Å². The molecule has 0 aliphatic carbocycles. The Hall–Kier alpha value is -0.440. The third-order valence-corrected chi connectivity index (χ3v) is 3.65. The highest BCUT2D eigenvalue weighted by molar-refractivity contribution is 6.43. The van der Waals surface area contributed by atoms with Crippen LogP contribution in [-0.4, -0.2) is 29.8 Å². The molecule has 0 bridgehead atoms. The summed E-state index contributed by atoms with van der Waals surface area (Å²) in [5.41, 5.74) is 0.397. The zero-order valence-corrected chi connectivity index (χ0v) is 11.3. The van der Waals surface area contributed by atoms with Crippen LogP contribution in [0.25, 0.3) is 0 Å². The summed E-state index contributed by atoms with van der Waals surface area (Å²) >= 11 is 17.5. The average molecular weight is 281 g/mol. The van der Waals surface area contributed by atoms with Gasteiger partial charge in [-0.1, -0.05) is 29.3 Å². The standard InChI is InChI=1S/C11H12Cl3NO/c1-7(6-12)15(2)11(16)8-4-3-5-9(13)10(8)14/h3-5,7H,6H2,1-2H3. The van der Waals surface area contributed by atoms with Crippen molar-refractivity contribution in [3.8, 4) is 0 Å². The number of rotatable bonds is 3. The van der Waals surface area contributed by atoms with Gasteiger partial charge in [-0.15, -0.1) is 11.6 Å². The first-order valence-electron chi connectivity index (χ1n) is 4.76. The molecule has 1 amide bonds. The van der Waals surface area contributed by atoms with E-state index in [-0.39, 0.29) is 17.0 Å². The lowest BCUT2D eigenvalue weighted by molar-refractivity contribution is 0.0757. The van der Waals surface area contributed by atoms with Crippen molar-refractivity contribution in [1.29, 1.82) is 0 Å². The predicted molar refractivity (Wildman–Crippen MR) is 68.7 cm³/mol. The summed E-state index contributed by atoms with van der Waals surface area (Å²) in [7, 11) is 1.69. The van der Waals surface area contributed by atoms with Gasteiger partial charge in [-0.2, -0.15) is 0 Å². The normalized spacial score (nSPS) is 12.3. The van der Waals surface area contributed by atoms with Crippen molar-refractivity contribution in [3.05, 3.63) is 33.8 Å². The first-order chi connectivity index (χ1) is 7.49. The molecule has 5 heteroatoms. The van der Waals surface area contributed by atoms with E-state index in [2.05, 4.69) is 0 Å². The monoisotopic (exact) mass is 279 g/mol. The quantitative estimate of drug-likeness (QED) is 0.773. The Bertz CT molecular complexity index is 395. The van der Waals surface area contributed by atoms with Crippen LogP contribution in [0.5, 0.6) is 0 Å². The maximum absolute atomic E-state index is 12.0. The zero-order valence-electron chi connectivity index (χ0n) is 9.01. The maximum atomic E-state index is 12.0. The lowest BCUT2D eigenvalue weighted by atomic mass is 10.2. The van der Waals surface area contributed by atoms with Crippen LogP contribution in [0.15, 0.2) is 18.2 Å². The predicted octanol–water partition coefficient (Wildman–Crippen LogP) is 3.69. The summed E-state index contributed by atoms with van der Waals surface area (Å²) in [4.78, 5) is 13.6. The Morgan fingerprint density at radius 3 is 2.62 bits per heavy atom. The molecule has 0 saturated carbocycles. The van der Waals surface area contributed by atoms with Crippen LogP contribution in [0.1, 0.15) is 17.3 Å². The minimum atomic E-state index is -0.180. The SMILES string of the molecule is CC(CCl)N(C)C(=O)c1cccc(Cl)c1Cl. The van der Waals surface area contributed by atoms with Crippen molar-refractivity contribution in [2.75, 3.05) is 12.9 Å².